The molecule has 0 spiro atoms. The molecule has 3 N–H and O–H groups in total. The van der Waals surface area contributed by atoms with Crippen LogP contribution in [0.2, 0.25) is 0 Å². The molecule has 0 aliphatic heterocycles. The molecular weight excluding hydrogens is 300 g/mol. The molecule has 1 aromatic carbocycles. The van der Waals surface area contributed by atoms with E-state index in [1.54, 1.807) is 0 Å². The van der Waals surface area contributed by atoms with E-state index in [2.05, 4.69) is 14.8 Å². The number of benzene rings is 1. The third-order valence-electron chi connectivity index (χ3n) is 2.75. The zero-order chi connectivity index (χ0) is 15.8. The molecule has 0 saturated carbocycles. The maximum absolute atomic E-state index is 12.3. The summed E-state index contributed by atoms with van der Waals surface area (Å²) in [5, 5.41) is 14.6. The number of nitro groups is 1. The highest BCUT2D eigenvalue weighted by Crippen LogP contribution is 2.29. The van der Waals surface area contributed by atoms with E-state index in [0.29, 0.717) is 0 Å². The zero-order valence-corrected chi connectivity index (χ0v) is 12.0. The molecule has 0 fully saturated rings. The summed E-state index contributed by atoms with van der Waals surface area (Å²) < 4.78 is 28.0. The van der Waals surface area contributed by atoms with Gasteiger partial charge in [-0.2, -0.15) is 10.1 Å². The molecule has 2 aromatic rings. The van der Waals surface area contributed by atoms with Crippen LogP contribution >= 0.6 is 0 Å². The molecule has 1 aromatic heterocycles. The standard InChI is InChI=1S/C10H12N6O4S/c1-6-3-7(11)8(16(17)18)4-9(6)21(19,20)14-10-12-5-13-15(10)2/h3-5H,11H2,1-2H3,(H,12,13,14). The topological polar surface area (TPSA) is 146 Å². The van der Waals surface area contributed by atoms with E-state index in [-0.39, 0.29) is 22.1 Å². The van der Waals surface area contributed by atoms with E-state index in [0.717, 1.165) is 6.07 Å². The number of hydrogen-bond acceptors (Lipinski definition) is 7. The number of hydrogen-bond donors (Lipinski definition) is 2. The maximum Gasteiger partial charge on any atom is 0.293 e. The van der Waals surface area contributed by atoms with E-state index >= 15 is 0 Å². The lowest BCUT2D eigenvalue weighted by Crippen LogP contribution is -2.17. The van der Waals surface area contributed by atoms with Crippen molar-refractivity contribution >= 4 is 27.3 Å². The summed E-state index contributed by atoms with van der Waals surface area (Å²) in [4.78, 5) is 13.6. The molecule has 0 aliphatic rings. The molecule has 0 atom stereocenters. The molecular formula is C10H12N6O4S. The molecule has 0 saturated heterocycles. The van der Waals surface area contributed by atoms with Gasteiger partial charge in [-0.15, -0.1) is 0 Å². The fraction of sp³-hybridized carbons (Fsp3) is 0.200. The van der Waals surface area contributed by atoms with E-state index < -0.39 is 20.6 Å². The Balaban J connectivity index is 2.52. The summed E-state index contributed by atoms with van der Waals surface area (Å²) in [6.07, 6.45) is 1.18. The molecule has 0 radical (unpaired) electrons. The van der Waals surface area contributed by atoms with Crippen LogP contribution in [0.25, 0.3) is 0 Å². The molecule has 0 aliphatic carbocycles. The van der Waals surface area contributed by atoms with Gasteiger partial charge in [0.2, 0.25) is 5.95 Å². The molecule has 1 heterocycles. The van der Waals surface area contributed by atoms with Crippen LogP contribution in [-0.2, 0) is 17.1 Å². The van der Waals surface area contributed by atoms with Gasteiger partial charge in [0.05, 0.1) is 9.82 Å². The van der Waals surface area contributed by atoms with Crippen molar-refractivity contribution in [1.82, 2.24) is 14.8 Å². The SMILES string of the molecule is Cc1cc(N)c([N+](=O)[O-])cc1S(=O)(=O)Nc1ncnn1C. The minimum Gasteiger partial charge on any atom is -0.393 e. The Morgan fingerprint density at radius 1 is 1.43 bits per heavy atom. The lowest BCUT2D eigenvalue weighted by Gasteiger charge is -2.10. The Morgan fingerprint density at radius 3 is 2.62 bits per heavy atom. The Hall–Kier alpha value is -2.69. The molecule has 10 nitrogen and oxygen atoms in total. The molecule has 0 amide bonds. The Bertz CT molecular complexity index is 813. The van der Waals surface area contributed by atoms with E-state index in [9.17, 15) is 18.5 Å². The van der Waals surface area contributed by atoms with Gasteiger partial charge in [-0.3, -0.25) is 10.1 Å². The molecule has 11 heteroatoms. The summed E-state index contributed by atoms with van der Waals surface area (Å²) in [6, 6.07) is 2.16. The molecule has 112 valence electrons. The quantitative estimate of drug-likeness (QED) is 0.472. The van der Waals surface area contributed by atoms with Crippen molar-refractivity contribution in [2.45, 2.75) is 11.8 Å². The lowest BCUT2D eigenvalue weighted by atomic mass is 10.2. The van der Waals surface area contributed by atoms with Gasteiger partial charge in [0.25, 0.3) is 15.7 Å². The van der Waals surface area contributed by atoms with Crippen molar-refractivity contribution in [2.75, 3.05) is 10.5 Å². The van der Waals surface area contributed by atoms with Crippen LogP contribution in [0.3, 0.4) is 0 Å². The number of aryl methyl sites for hydroxylation is 2. The normalized spacial score (nSPS) is 11.3. The van der Waals surface area contributed by atoms with Crippen molar-refractivity contribution in [3.8, 4) is 0 Å². The fourth-order valence-electron chi connectivity index (χ4n) is 1.71. The van der Waals surface area contributed by atoms with Crippen LogP contribution in [0.4, 0.5) is 17.3 Å². The minimum atomic E-state index is -4.04. The second kappa shape index (κ2) is 5.01. The number of nitrogen functional groups attached to an aromatic ring is 1. The van der Waals surface area contributed by atoms with Gasteiger partial charge in [0.1, 0.15) is 12.0 Å². The second-order valence-corrected chi connectivity index (χ2v) is 5.90. The van der Waals surface area contributed by atoms with Gasteiger partial charge in [0.15, 0.2) is 0 Å². The van der Waals surface area contributed by atoms with Gasteiger partial charge in [-0.1, -0.05) is 0 Å². The summed E-state index contributed by atoms with van der Waals surface area (Å²) in [6.45, 7) is 1.49. The third kappa shape index (κ3) is 2.76. The zero-order valence-electron chi connectivity index (χ0n) is 11.1. The molecule has 0 bridgehead atoms. The first-order valence-corrected chi connectivity index (χ1v) is 7.12. The first-order valence-electron chi connectivity index (χ1n) is 5.63. The fourth-order valence-corrected chi connectivity index (χ4v) is 3.00. The summed E-state index contributed by atoms with van der Waals surface area (Å²) in [5.41, 5.74) is 5.22. The lowest BCUT2D eigenvalue weighted by molar-refractivity contribution is -0.384. The van der Waals surface area contributed by atoms with Gasteiger partial charge >= 0.3 is 0 Å². The maximum atomic E-state index is 12.3. The highest BCUT2D eigenvalue weighted by Gasteiger charge is 2.24. The van der Waals surface area contributed by atoms with Gasteiger partial charge in [-0.25, -0.2) is 17.8 Å². The number of nitro benzene ring substituents is 1. The van der Waals surface area contributed by atoms with Crippen LogP contribution in [0.5, 0.6) is 0 Å². The Morgan fingerprint density at radius 2 is 2.10 bits per heavy atom. The van der Waals surface area contributed by atoms with Crippen molar-refractivity contribution in [3.63, 3.8) is 0 Å². The Kier molecular flexibility index (Phi) is 3.51. The first-order chi connectivity index (χ1) is 9.72. The average Bonchev–Trinajstić information content (AvgIpc) is 2.73. The molecule has 0 unspecified atom stereocenters. The summed E-state index contributed by atoms with van der Waals surface area (Å²) >= 11 is 0. The van der Waals surface area contributed by atoms with Crippen LogP contribution < -0.4 is 10.5 Å². The number of anilines is 2. The number of aromatic nitrogens is 3. The number of rotatable bonds is 4. The molecule has 2 rings (SSSR count). The van der Waals surface area contributed by atoms with Gasteiger partial charge in [0, 0.05) is 13.1 Å². The second-order valence-electron chi connectivity index (χ2n) is 4.25. The van der Waals surface area contributed by atoms with E-state index in [1.807, 2.05) is 0 Å². The molecule has 21 heavy (non-hydrogen) atoms. The highest BCUT2D eigenvalue weighted by molar-refractivity contribution is 7.92. The average molecular weight is 312 g/mol. The van der Waals surface area contributed by atoms with Crippen LogP contribution in [0, 0.1) is 17.0 Å². The van der Waals surface area contributed by atoms with Crippen molar-refractivity contribution in [1.29, 1.82) is 0 Å². The predicted octanol–water partition coefficient (Wildman–Crippen LogP) is 0.415. The van der Waals surface area contributed by atoms with Crippen LogP contribution in [0.15, 0.2) is 23.4 Å². The predicted molar refractivity (Wildman–Crippen MR) is 74.1 cm³/mol. The number of nitrogens with one attached hydrogen (secondary N) is 1. The first kappa shape index (κ1) is 14.7. The van der Waals surface area contributed by atoms with Gasteiger partial charge < -0.3 is 5.73 Å². The van der Waals surface area contributed by atoms with Crippen molar-refractivity contribution < 1.29 is 13.3 Å². The number of sulfonamides is 1. The van der Waals surface area contributed by atoms with E-state index in [1.165, 1.54) is 31.0 Å². The van der Waals surface area contributed by atoms with Crippen molar-refractivity contribution in [3.05, 3.63) is 34.1 Å². The highest BCUT2D eigenvalue weighted by atomic mass is 32.2. The largest absolute Gasteiger partial charge is 0.393 e. The van der Waals surface area contributed by atoms with Crippen molar-refractivity contribution in [2.24, 2.45) is 7.05 Å². The van der Waals surface area contributed by atoms with Gasteiger partial charge in [-0.05, 0) is 18.6 Å². The summed E-state index contributed by atoms with van der Waals surface area (Å²) in [5.74, 6) is -0.00567. The number of nitrogens with zero attached hydrogens (tertiary/aromatic N) is 4. The Labute approximate surface area is 119 Å². The monoisotopic (exact) mass is 312 g/mol. The minimum absolute atomic E-state index is 0.00567. The summed E-state index contributed by atoms with van der Waals surface area (Å²) in [7, 11) is -2.54. The number of nitrogens with two attached hydrogens (primary N) is 1. The van der Waals surface area contributed by atoms with Crippen LogP contribution in [0.1, 0.15) is 5.56 Å². The smallest absolute Gasteiger partial charge is 0.293 e. The third-order valence-corrected chi connectivity index (χ3v) is 4.22. The van der Waals surface area contributed by atoms with E-state index in [4.69, 9.17) is 5.73 Å². The van der Waals surface area contributed by atoms with Crippen LogP contribution in [-0.4, -0.2) is 28.1 Å².